The van der Waals surface area contributed by atoms with Crippen LogP contribution in [0.1, 0.15) is 18.4 Å². The third-order valence-electron chi connectivity index (χ3n) is 4.51. The van der Waals surface area contributed by atoms with E-state index in [0.29, 0.717) is 17.2 Å². The molecule has 6 nitrogen and oxygen atoms in total. The highest BCUT2D eigenvalue weighted by molar-refractivity contribution is 7.92. The minimum Gasteiger partial charge on any atom is -0.495 e. The van der Waals surface area contributed by atoms with Gasteiger partial charge in [0.1, 0.15) is 16.4 Å². The number of hydrogen-bond donors (Lipinski definition) is 1. The second-order valence-electron chi connectivity index (χ2n) is 6.34. The van der Waals surface area contributed by atoms with Crippen LogP contribution in [-0.4, -0.2) is 35.7 Å². The van der Waals surface area contributed by atoms with Crippen molar-refractivity contribution >= 4 is 21.4 Å². The third kappa shape index (κ3) is 3.72. The predicted octanol–water partition coefficient (Wildman–Crippen LogP) is 3.41. The monoisotopic (exact) mass is 376 g/mol. The average molecular weight is 376 g/mol. The lowest BCUT2D eigenvalue weighted by atomic mass is 10.2. The Bertz CT molecular complexity index is 890. The van der Waals surface area contributed by atoms with Gasteiger partial charge in [-0.05, 0) is 55.7 Å². The van der Waals surface area contributed by atoms with Gasteiger partial charge >= 0.3 is 0 Å². The number of methoxy groups -OCH3 is 2. The molecule has 0 aliphatic carbocycles. The topological polar surface area (TPSA) is 67.9 Å². The summed E-state index contributed by atoms with van der Waals surface area (Å²) in [6.07, 6.45) is 2.29. The van der Waals surface area contributed by atoms with Crippen molar-refractivity contribution in [2.45, 2.75) is 24.7 Å². The lowest BCUT2D eigenvalue weighted by Gasteiger charge is -2.20. The van der Waals surface area contributed by atoms with Crippen LogP contribution in [0.4, 0.5) is 11.4 Å². The summed E-state index contributed by atoms with van der Waals surface area (Å²) in [5.74, 6) is 0.779. The predicted molar refractivity (Wildman–Crippen MR) is 103 cm³/mol. The molecule has 3 rings (SSSR count). The largest absolute Gasteiger partial charge is 0.495 e. The second-order valence-corrected chi connectivity index (χ2v) is 7.99. The van der Waals surface area contributed by atoms with Gasteiger partial charge in [-0.25, -0.2) is 8.42 Å². The Hall–Kier alpha value is -2.41. The zero-order chi connectivity index (χ0) is 18.7. The molecule has 1 N–H and O–H groups in total. The standard InChI is InChI=1S/C19H24N2O4S/c1-14-6-8-18(25-3)19(12-14)26(22,23)20-16-13-15(7-9-17(16)24-2)21-10-4-5-11-21/h6-9,12-13,20H,4-5,10-11H2,1-3H3. The van der Waals surface area contributed by atoms with E-state index in [9.17, 15) is 8.42 Å². The quantitative estimate of drug-likeness (QED) is 0.837. The fourth-order valence-electron chi connectivity index (χ4n) is 3.14. The molecule has 0 bridgehead atoms. The second kappa shape index (κ2) is 7.45. The van der Waals surface area contributed by atoms with E-state index in [1.54, 1.807) is 18.2 Å². The van der Waals surface area contributed by atoms with Crippen LogP contribution in [0.3, 0.4) is 0 Å². The first-order valence-electron chi connectivity index (χ1n) is 8.55. The first-order chi connectivity index (χ1) is 12.4. The number of aryl methyl sites for hydroxylation is 1. The van der Waals surface area contributed by atoms with Crippen LogP contribution in [0.15, 0.2) is 41.3 Å². The average Bonchev–Trinajstić information content (AvgIpc) is 3.16. The van der Waals surface area contributed by atoms with Crippen molar-refractivity contribution in [3.8, 4) is 11.5 Å². The molecule has 0 amide bonds. The molecule has 2 aromatic carbocycles. The summed E-state index contributed by atoms with van der Waals surface area (Å²) in [6, 6.07) is 10.6. The molecule has 140 valence electrons. The summed E-state index contributed by atoms with van der Waals surface area (Å²) < 4.78 is 39.2. The number of nitrogens with zero attached hydrogens (tertiary/aromatic N) is 1. The van der Waals surface area contributed by atoms with E-state index in [-0.39, 0.29) is 4.90 Å². The van der Waals surface area contributed by atoms with Crippen LogP contribution < -0.4 is 19.1 Å². The number of sulfonamides is 1. The number of rotatable bonds is 6. The van der Waals surface area contributed by atoms with E-state index in [0.717, 1.165) is 37.2 Å². The molecular weight excluding hydrogens is 352 g/mol. The van der Waals surface area contributed by atoms with Crippen molar-refractivity contribution in [1.82, 2.24) is 0 Å². The molecule has 0 radical (unpaired) electrons. The van der Waals surface area contributed by atoms with E-state index in [1.807, 2.05) is 25.1 Å². The van der Waals surface area contributed by atoms with Crippen molar-refractivity contribution in [2.24, 2.45) is 0 Å². The Kier molecular flexibility index (Phi) is 5.27. The molecule has 1 heterocycles. The molecule has 7 heteroatoms. The third-order valence-corrected chi connectivity index (χ3v) is 5.89. The van der Waals surface area contributed by atoms with Crippen molar-refractivity contribution in [3.05, 3.63) is 42.0 Å². The van der Waals surface area contributed by atoms with Gasteiger partial charge in [0.2, 0.25) is 0 Å². The Morgan fingerprint density at radius 1 is 0.962 bits per heavy atom. The Morgan fingerprint density at radius 2 is 1.62 bits per heavy atom. The maximum absolute atomic E-state index is 13.0. The van der Waals surface area contributed by atoms with Crippen molar-refractivity contribution in [2.75, 3.05) is 36.9 Å². The van der Waals surface area contributed by atoms with E-state index in [1.165, 1.54) is 14.2 Å². The zero-order valence-corrected chi connectivity index (χ0v) is 16.1. The number of anilines is 2. The lowest BCUT2D eigenvalue weighted by molar-refractivity contribution is 0.402. The molecule has 0 atom stereocenters. The normalized spacial score (nSPS) is 14.3. The fraction of sp³-hybridized carbons (Fsp3) is 0.368. The van der Waals surface area contributed by atoms with E-state index < -0.39 is 10.0 Å². The van der Waals surface area contributed by atoms with Gasteiger partial charge in [-0.3, -0.25) is 4.72 Å². The van der Waals surface area contributed by atoms with E-state index in [2.05, 4.69) is 9.62 Å². The first-order valence-corrected chi connectivity index (χ1v) is 10.0. The summed E-state index contributed by atoms with van der Waals surface area (Å²) in [6.45, 7) is 3.79. The van der Waals surface area contributed by atoms with Crippen molar-refractivity contribution in [3.63, 3.8) is 0 Å². The number of benzene rings is 2. The van der Waals surface area contributed by atoms with Crippen LogP contribution in [-0.2, 0) is 10.0 Å². The van der Waals surface area contributed by atoms with Crippen LogP contribution in [0.2, 0.25) is 0 Å². The number of ether oxygens (including phenoxy) is 2. The highest BCUT2D eigenvalue weighted by Crippen LogP contribution is 2.34. The first kappa shape index (κ1) is 18.4. The Labute approximate surface area is 154 Å². The van der Waals surface area contributed by atoms with Gasteiger partial charge in [-0.15, -0.1) is 0 Å². The van der Waals surface area contributed by atoms with Crippen molar-refractivity contribution in [1.29, 1.82) is 0 Å². The van der Waals surface area contributed by atoms with Crippen LogP contribution >= 0.6 is 0 Å². The molecule has 1 saturated heterocycles. The lowest BCUT2D eigenvalue weighted by Crippen LogP contribution is -2.19. The fourth-order valence-corrected chi connectivity index (χ4v) is 4.46. The number of nitrogens with one attached hydrogen (secondary N) is 1. The summed E-state index contributed by atoms with van der Waals surface area (Å²) in [5.41, 5.74) is 2.24. The van der Waals surface area contributed by atoms with E-state index in [4.69, 9.17) is 9.47 Å². The highest BCUT2D eigenvalue weighted by Gasteiger charge is 2.22. The smallest absolute Gasteiger partial charge is 0.265 e. The minimum absolute atomic E-state index is 0.105. The molecule has 0 unspecified atom stereocenters. The molecule has 1 aliphatic rings. The molecule has 26 heavy (non-hydrogen) atoms. The Morgan fingerprint density at radius 3 is 2.27 bits per heavy atom. The summed E-state index contributed by atoms with van der Waals surface area (Å²) >= 11 is 0. The maximum Gasteiger partial charge on any atom is 0.265 e. The van der Waals surface area contributed by atoms with Crippen LogP contribution in [0, 0.1) is 6.92 Å². The van der Waals surface area contributed by atoms with Crippen LogP contribution in [0.5, 0.6) is 11.5 Å². The summed E-state index contributed by atoms with van der Waals surface area (Å²) in [5, 5.41) is 0. The zero-order valence-electron chi connectivity index (χ0n) is 15.3. The SMILES string of the molecule is COc1ccc(N2CCCC2)cc1NS(=O)(=O)c1cc(C)ccc1OC. The van der Waals surface area contributed by atoms with Gasteiger partial charge in [0.15, 0.2) is 0 Å². The maximum atomic E-state index is 13.0. The van der Waals surface area contributed by atoms with Gasteiger partial charge < -0.3 is 14.4 Å². The molecule has 0 saturated carbocycles. The van der Waals surface area contributed by atoms with Gasteiger partial charge in [0.25, 0.3) is 10.0 Å². The molecular formula is C19H24N2O4S. The van der Waals surface area contributed by atoms with Gasteiger partial charge in [0.05, 0.1) is 19.9 Å². The molecule has 2 aromatic rings. The number of hydrogen-bond acceptors (Lipinski definition) is 5. The molecule has 0 aromatic heterocycles. The Balaban J connectivity index is 1.98. The molecule has 0 spiro atoms. The van der Waals surface area contributed by atoms with E-state index >= 15 is 0 Å². The van der Waals surface area contributed by atoms with Gasteiger partial charge in [-0.2, -0.15) is 0 Å². The summed E-state index contributed by atoms with van der Waals surface area (Å²) in [4.78, 5) is 2.35. The molecule has 1 fully saturated rings. The minimum atomic E-state index is -3.82. The van der Waals surface area contributed by atoms with Crippen LogP contribution in [0.25, 0.3) is 0 Å². The highest BCUT2D eigenvalue weighted by atomic mass is 32.2. The van der Waals surface area contributed by atoms with Gasteiger partial charge in [-0.1, -0.05) is 6.07 Å². The summed E-state index contributed by atoms with van der Waals surface area (Å²) in [7, 11) is -0.845. The van der Waals surface area contributed by atoms with Crippen molar-refractivity contribution < 1.29 is 17.9 Å². The van der Waals surface area contributed by atoms with Gasteiger partial charge in [0, 0.05) is 18.8 Å². The molecule has 1 aliphatic heterocycles.